The Hall–Kier alpha value is -2.10. The summed E-state index contributed by atoms with van der Waals surface area (Å²) < 4.78 is 5.88. The molecule has 2 aromatic rings. The Labute approximate surface area is 168 Å². The molecule has 0 spiro atoms. The highest BCUT2D eigenvalue weighted by atomic mass is 32.1. The Morgan fingerprint density at radius 3 is 3.00 bits per heavy atom. The number of aromatic nitrogens is 3. The molecule has 150 valence electrons. The van der Waals surface area contributed by atoms with Gasteiger partial charge in [0.15, 0.2) is 0 Å². The fourth-order valence-corrected chi connectivity index (χ4v) is 4.32. The summed E-state index contributed by atoms with van der Waals surface area (Å²) in [5, 5.41) is 22.3. The second-order valence-electron chi connectivity index (χ2n) is 7.48. The third-order valence-electron chi connectivity index (χ3n) is 5.38. The van der Waals surface area contributed by atoms with Crippen LogP contribution in [0.1, 0.15) is 50.3 Å². The molecule has 1 aliphatic heterocycles. The van der Waals surface area contributed by atoms with Gasteiger partial charge in [-0.05, 0) is 25.0 Å². The van der Waals surface area contributed by atoms with Gasteiger partial charge >= 0.3 is 0 Å². The normalized spacial score (nSPS) is 22.0. The van der Waals surface area contributed by atoms with Crippen LogP contribution in [0.4, 0.5) is 10.9 Å². The lowest BCUT2D eigenvalue weighted by molar-refractivity contribution is -0.145. The molecule has 3 heterocycles. The minimum absolute atomic E-state index is 0.000777. The van der Waals surface area contributed by atoms with Crippen molar-refractivity contribution in [1.29, 1.82) is 0 Å². The Kier molecular flexibility index (Phi) is 5.84. The number of carbonyl (C=O) groups excluding carboxylic acids is 1. The SMILES string of the molecule is O=C(CC1(O)CCCCC1)N1CCOC(c2cccc(Nc3nncs3)n2)C1. The molecule has 4 rings (SSSR count). The Morgan fingerprint density at radius 2 is 2.21 bits per heavy atom. The summed E-state index contributed by atoms with van der Waals surface area (Å²) in [6.07, 6.45) is 4.48. The molecule has 1 saturated carbocycles. The number of nitrogens with one attached hydrogen (secondary N) is 1. The molecule has 0 bridgehead atoms. The first-order chi connectivity index (χ1) is 13.6. The molecule has 2 N–H and O–H groups in total. The van der Waals surface area contributed by atoms with Crippen LogP contribution in [0.5, 0.6) is 0 Å². The van der Waals surface area contributed by atoms with Crippen molar-refractivity contribution < 1.29 is 14.6 Å². The molecule has 2 aliphatic rings. The van der Waals surface area contributed by atoms with Crippen LogP contribution in [0, 0.1) is 0 Å². The molecule has 28 heavy (non-hydrogen) atoms. The van der Waals surface area contributed by atoms with Gasteiger partial charge < -0.3 is 20.1 Å². The zero-order chi connectivity index (χ0) is 19.4. The van der Waals surface area contributed by atoms with E-state index in [1.807, 2.05) is 18.2 Å². The number of rotatable bonds is 5. The standard InChI is InChI=1S/C19H25N5O3S/c25-17(11-19(26)7-2-1-3-8-19)24-9-10-27-15(12-24)14-5-4-6-16(21-14)22-18-23-20-13-28-18/h4-6,13,15,26H,1-3,7-12H2,(H,21,22,23). The van der Waals surface area contributed by atoms with E-state index in [1.165, 1.54) is 11.3 Å². The Bertz CT molecular complexity index is 795. The van der Waals surface area contributed by atoms with Gasteiger partial charge in [-0.2, -0.15) is 0 Å². The lowest BCUT2D eigenvalue weighted by atomic mass is 9.82. The fourth-order valence-electron chi connectivity index (χ4n) is 3.87. The molecule has 2 fully saturated rings. The van der Waals surface area contributed by atoms with Crippen LogP contribution in [0.3, 0.4) is 0 Å². The number of ether oxygens (including phenoxy) is 1. The van der Waals surface area contributed by atoms with Crippen LogP contribution < -0.4 is 5.32 Å². The number of aliphatic hydroxyl groups is 1. The van der Waals surface area contributed by atoms with E-state index in [2.05, 4.69) is 20.5 Å². The van der Waals surface area contributed by atoms with Gasteiger partial charge in [0, 0.05) is 6.54 Å². The molecule has 2 aromatic heterocycles. The first kappa shape index (κ1) is 19.2. The number of hydrogen-bond donors (Lipinski definition) is 2. The van der Waals surface area contributed by atoms with Crippen molar-refractivity contribution in [2.24, 2.45) is 0 Å². The number of amides is 1. The van der Waals surface area contributed by atoms with E-state index in [9.17, 15) is 9.90 Å². The topological polar surface area (TPSA) is 100 Å². The average molecular weight is 404 g/mol. The van der Waals surface area contributed by atoms with Crippen molar-refractivity contribution in [2.75, 3.05) is 25.0 Å². The van der Waals surface area contributed by atoms with Gasteiger partial charge in [-0.3, -0.25) is 4.79 Å². The van der Waals surface area contributed by atoms with Crippen molar-refractivity contribution in [1.82, 2.24) is 20.1 Å². The maximum Gasteiger partial charge on any atom is 0.225 e. The minimum atomic E-state index is -0.840. The van der Waals surface area contributed by atoms with Crippen LogP contribution in [-0.4, -0.2) is 56.4 Å². The monoisotopic (exact) mass is 403 g/mol. The van der Waals surface area contributed by atoms with E-state index < -0.39 is 5.60 Å². The van der Waals surface area contributed by atoms with Gasteiger partial charge in [-0.15, -0.1) is 10.2 Å². The maximum absolute atomic E-state index is 12.8. The highest BCUT2D eigenvalue weighted by Gasteiger charge is 2.35. The van der Waals surface area contributed by atoms with Crippen LogP contribution in [0.15, 0.2) is 23.7 Å². The molecule has 1 saturated heterocycles. The molecule has 0 aromatic carbocycles. The molecule has 1 amide bonds. The van der Waals surface area contributed by atoms with Crippen molar-refractivity contribution in [2.45, 2.75) is 50.2 Å². The molecular formula is C19H25N5O3S. The highest BCUT2D eigenvalue weighted by Crippen LogP contribution is 2.32. The lowest BCUT2D eigenvalue weighted by Crippen LogP contribution is -2.46. The van der Waals surface area contributed by atoms with Gasteiger partial charge in [0.25, 0.3) is 0 Å². The summed E-state index contributed by atoms with van der Waals surface area (Å²) in [5.41, 5.74) is 1.58. The van der Waals surface area contributed by atoms with Crippen molar-refractivity contribution >= 4 is 28.2 Å². The number of nitrogens with zero attached hydrogens (tertiary/aromatic N) is 4. The summed E-state index contributed by atoms with van der Waals surface area (Å²) in [5.74, 6) is 0.665. The molecule has 1 unspecified atom stereocenters. The average Bonchev–Trinajstić information content (AvgIpc) is 3.21. The molecular weight excluding hydrogens is 378 g/mol. The molecule has 9 heteroatoms. The second-order valence-corrected chi connectivity index (χ2v) is 8.31. The smallest absolute Gasteiger partial charge is 0.225 e. The van der Waals surface area contributed by atoms with Gasteiger partial charge in [0.1, 0.15) is 17.4 Å². The molecule has 1 atom stereocenters. The van der Waals surface area contributed by atoms with E-state index in [4.69, 9.17) is 4.74 Å². The van der Waals surface area contributed by atoms with E-state index in [-0.39, 0.29) is 18.4 Å². The highest BCUT2D eigenvalue weighted by molar-refractivity contribution is 7.13. The van der Waals surface area contributed by atoms with Crippen molar-refractivity contribution in [3.63, 3.8) is 0 Å². The fraction of sp³-hybridized carbons (Fsp3) is 0.579. The van der Waals surface area contributed by atoms with Crippen LogP contribution in [-0.2, 0) is 9.53 Å². The quantitative estimate of drug-likeness (QED) is 0.791. The minimum Gasteiger partial charge on any atom is -0.389 e. The van der Waals surface area contributed by atoms with E-state index in [1.54, 1.807) is 10.4 Å². The number of pyridine rings is 1. The number of carbonyl (C=O) groups is 1. The summed E-state index contributed by atoms with van der Waals surface area (Å²) in [4.78, 5) is 19.2. The van der Waals surface area contributed by atoms with Crippen LogP contribution in [0.2, 0.25) is 0 Å². The van der Waals surface area contributed by atoms with E-state index in [0.717, 1.165) is 25.0 Å². The second kappa shape index (κ2) is 8.50. The summed E-state index contributed by atoms with van der Waals surface area (Å²) in [6.45, 7) is 1.46. The van der Waals surface area contributed by atoms with E-state index >= 15 is 0 Å². The summed E-state index contributed by atoms with van der Waals surface area (Å²) in [6, 6.07) is 5.66. The summed E-state index contributed by atoms with van der Waals surface area (Å²) in [7, 11) is 0. The van der Waals surface area contributed by atoms with E-state index in [0.29, 0.717) is 43.5 Å². The van der Waals surface area contributed by atoms with Crippen molar-refractivity contribution in [3.05, 3.63) is 29.4 Å². The first-order valence-electron chi connectivity index (χ1n) is 9.73. The van der Waals surface area contributed by atoms with Gasteiger partial charge in [-0.1, -0.05) is 36.7 Å². The molecule has 8 nitrogen and oxygen atoms in total. The van der Waals surface area contributed by atoms with Gasteiger partial charge in [-0.25, -0.2) is 4.98 Å². The maximum atomic E-state index is 12.8. The zero-order valence-electron chi connectivity index (χ0n) is 15.7. The van der Waals surface area contributed by atoms with Crippen molar-refractivity contribution in [3.8, 4) is 0 Å². The number of morpholine rings is 1. The zero-order valence-corrected chi connectivity index (χ0v) is 16.5. The predicted molar refractivity (Wildman–Crippen MR) is 105 cm³/mol. The Balaban J connectivity index is 1.40. The number of anilines is 2. The number of hydrogen-bond acceptors (Lipinski definition) is 8. The largest absolute Gasteiger partial charge is 0.389 e. The summed E-state index contributed by atoms with van der Waals surface area (Å²) >= 11 is 1.40. The third-order valence-corrected chi connectivity index (χ3v) is 5.99. The first-order valence-corrected chi connectivity index (χ1v) is 10.6. The van der Waals surface area contributed by atoms with Crippen LogP contribution in [0.25, 0.3) is 0 Å². The van der Waals surface area contributed by atoms with Gasteiger partial charge in [0.05, 0.1) is 30.9 Å². The van der Waals surface area contributed by atoms with Gasteiger partial charge in [0.2, 0.25) is 11.0 Å². The Morgan fingerprint density at radius 1 is 1.36 bits per heavy atom. The lowest BCUT2D eigenvalue weighted by Gasteiger charge is -2.37. The third kappa shape index (κ3) is 4.65. The predicted octanol–water partition coefficient (Wildman–Crippen LogP) is 2.66. The molecule has 1 aliphatic carbocycles. The molecule has 0 radical (unpaired) electrons. The van der Waals surface area contributed by atoms with Crippen LogP contribution >= 0.6 is 11.3 Å².